The Hall–Kier alpha value is -8.99. The van der Waals surface area contributed by atoms with Gasteiger partial charge in [0.1, 0.15) is 0 Å². The molecule has 13 rings (SSSR count). The Balaban J connectivity index is 1.26. The third-order valence-corrected chi connectivity index (χ3v) is 13.1. The molecule has 2 aromatic heterocycles. The van der Waals surface area contributed by atoms with E-state index in [-0.39, 0.29) is 0 Å². The van der Waals surface area contributed by atoms with E-state index in [4.69, 9.17) is 15.0 Å². The van der Waals surface area contributed by atoms with E-state index in [0.717, 1.165) is 72.2 Å². The lowest BCUT2D eigenvalue weighted by Crippen LogP contribution is -2.06. The molecular formula is C63H40N4. The molecule has 0 radical (unpaired) electrons. The molecule has 0 bridgehead atoms. The molecule has 4 nitrogen and oxygen atoms in total. The van der Waals surface area contributed by atoms with Gasteiger partial charge in [-0.15, -0.1) is 0 Å². The molecule has 0 atom stereocenters. The first-order valence-electron chi connectivity index (χ1n) is 22.8. The number of benzene rings is 11. The second-order valence-electron chi connectivity index (χ2n) is 17.2. The number of rotatable bonds is 7. The molecule has 0 aliphatic rings. The van der Waals surface area contributed by atoms with Crippen LogP contribution in [0.2, 0.25) is 0 Å². The van der Waals surface area contributed by atoms with E-state index in [9.17, 15) is 0 Å². The van der Waals surface area contributed by atoms with Crippen molar-refractivity contribution >= 4 is 54.1 Å². The van der Waals surface area contributed by atoms with Crippen LogP contribution in [-0.4, -0.2) is 19.5 Å². The summed E-state index contributed by atoms with van der Waals surface area (Å²) < 4.78 is 2.55. The zero-order valence-electron chi connectivity index (χ0n) is 36.4. The summed E-state index contributed by atoms with van der Waals surface area (Å²) in [5.74, 6) is 1.82. The first-order chi connectivity index (χ1) is 33.2. The Morgan fingerprint density at radius 1 is 0.254 bits per heavy atom. The van der Waals surface area contributed by atoms with Crippen molar-refractivity contribution in [2.45, 2.75) is 0 Å². The molecule has 0 amide bonds. The highest BCUT2D eigenvalue weighted by atomic mass is 15.0. The quantitative estimate of drug-likeness (QED) is 0.160. The second-order valence-corrected chi connectivity index (χ2v) is 17.2. The first kappa shape index (κ1) is 38.5. The molecule has 312 valence electrons. The monoisotopic (exact) mass is 852 g/mol. The van der Waals surface area contributed by atoms with Gasteiger partial charge in [0.2, 0.25) is 0 Å². The molecule has 11 aromatic carbocycles. The van der Waals surface area contributed by atoms with Crippen LogP contribution in [0.5, 0.6) is 0 Å². The molecular weight excluding hydrogens is 813 g/mol. The maximum Gasteiger partial charge on any atom is 0.164 e. The fraction of sp³-hybridized carbons (Fsp3) is 0. The van der Waals surface area contributed by atoms with Crippen LogP contribution in [0, 0.1) is 0 Å². The molecule has 4 heteroatoms. The minimum absolute atomic E-state index is 0.594. The number of aromatic nitrogens is 4. The molecule has 0 fully saturated rings. The molecule has 0 aliphatic carbocycles. The molecule has 67 heavy (non-hydrogen) atoms. The van der Waals surface area contributed by atoms with Gasteiger partial charge in [0.15, 0.2) is 17.5 Å². The third kappa shape index (κ3) is 6.65. The predicted octanol–water partition coefficient (Wildman–Crippen LogP) is 16.4. The number of hydrogen-bond acceptors (Lipinski definition) is 3. The van der Waals surface area contributed by atoms with Gasteiger partial charge in [-0.2, -0.15) is 0 Å². The van der Waals surface area contributed by atoms with Gasteiger partial charge in [-0.3, -0.25) is 0 Å². The minimum atomic E-state index is 0.594. The fourth-order valence-corrected chi connectivity index (χ4v) is 10.0. The fourth-order valence-electron chi connectivity index (χ4n) is 10.0. The van der Waals surface area contributed by atoms with Crippen molar-refractivity contribution < 1.29 is 0 Å². The summed E-state index contributed by atoms with van der Waals surface area (Å²) in [5.41, 5.74) is 12.5. The summed E-state index contributed by atoms with van der Waals surface area (Å²) in [4.78, 5) is 16.0. The van der Waals surface area contributed by atoms with Crippen molar-refractivity contribution in [3.63, 3.8) is 0 Å². The van der Waals surface area contributed by atoms with E-state index in [0.29, 0.717) is 17.5 Å². The van der Waals surface area contributed by atoms with Crippen molar-refractivity contribution in [2.24, 2.45) is 0 Å². The molecule has 2 heterocycles. The van der Waals surface area contributed by atoms with E-state index in [1.165, 1.54) is 37.7 Å². The summed E-state index contributed by atoms with van der Waals surface area (Å²) in [6.07, 6.45) is 0. The summed E-state index contributed by atoms with van der Waals surface area (Å²) in [5, 5.41) is 9.53. The lowest BCUT2D eigenvalue weighted by molar-refractivity contribution is 1.07. The minimum Gasteiger partial charge on any atom is -0.308 e. The van der Waals surface area contributed by atoms with E-state index >= 15 is 0 Å². The highest BCUT2D eigenvalue weighted by Crippen LogP contribution is 2.50. The van der Waals surface area contributed by atoms with Crippen LogP contribution in [0.15, 0.2) is 243 Å². The molecule has 0 aliphatic heterocycles. The second kappa shape index (κ2) is 15.9. The van der Waals surface area contributed by atoms with Crippen molar-refractivity contribution in [3.05, 3.63) is 243 Å². The zero-order valence-corrected chi connectivity index (χ0v) is 36.4. The first-order valence-corrected chi connectivity index (χ1v) is 22.8. The van der Waals surface area contributed by atoms with Crippen LogP contribution in [-0.2, 0) is 0 Å². The van der Waals surface area contributed by atoms with E-state index in [2.05, 4.69) is 211 Å². The largest absolute Gasteiger partial charge is 0.308 e. The van der Waals surface area contributed by atoms with Gasteiger partial charge in [0.25, 0.3) is 0 Å². The Morgan fingerprint density at radius 3 is 1.13 bits per heavy atom. The van der Waals surface area contributed by atoms with Gasteiger partial charge in [-0.05, 0) is 85.4 Å². The Morgan fingerprint density at radius 2 is 0.642 bits per heavy atom. The van der Waals surface area contributed by atoms with Crippen LogP contribution in [0.4, 0.5) is 0 Å². The van der Waals surface area contributed by atoms with E-state index < -0.39 is 0 Å². The standard InChI is InChI=1S/C63H40N4/c1-5-20-42(21-6-1)58-55(63-65-61(44-24-9-3-10-25-44)64-62(66-63)45-26-11-4-12-27-45)40-52(51-34-33-41-19-13-14-28-46(41)35-51)60(59(58)43-22-7-2-8-23-43)67-56-38-49-31-17-15-29-47(49)36-53(56)54-37-48-30-16-18-32-50(48)39-57(54)67/h1-40H. The molecule has 0 saturated carbocycles. The van der Waals surface area contributed by atoms with Gasteiger partial charge in [-0.1, -0.05) is 206 Å². The number of nitrogens with zero attached hydrogens (tertiary/aromatic N) is 4. The molecule has 13 aromatic rings. The SMILES string of the molecule is c1ccc(-c2nc(-c3ccccc3)nc(-c3cc(-c4ccc5ccccc5c4)c(-n4c5cc6ccccc6cc5c5cc6ccccc6cc54)c(-c4ccccc4)c3-c3ccccc3)n2)cc1. The van der Waals surface area contributed by atoms with Gasteiger partial charge in [0.05, 0.1) is 16.7 Å². The average Bonchev–Trinajstić information content (AvgIpc) is 3.70. The van der Waals surface area contributed by atoms with Crippen molar-refractivity contribution in [1.29, 1.82) is 0 Å². The van der Waals surface area contributed by atoms with Gasteiger partial charge in [0, 0.05) is 44.2 Å². The Labute approximate surface area is 387 Å². The van der Waals surface area contributed by atoms with Crippen LogP contribution in [0.1, 0.15) is 0 Å². The van der Waals surface area contributed by atoms with E-state index in [1.807, 2.05) is 36.4 Å². The lowest BCUT2D eigenvalue weighted by atomic mass is 9.84. The summed E-state index contributed by atoms with van der Waals surface area (Å²) >= 11 is 0. The highest BCUT2D eigenvalue weighted by Gasteiger charge is 2.28. The lowest BCUT2D eigenvalue weighted by Gasteiger charge is -2.25. The molecule has 0 saturated heterocycles. The van der Waals surface area contributed by atoms with Crippen molar-refractivity contribution in [3.8, 4) is 73.2 Å². The topological polar surface area (TPSA) is 43.6 Å². The van der Waals surface area contributed by atoms with Crippen molar-refractivity contribution in [2.75, 3.05) is 0 Å². The Bertz CT molecular complexity index is 3860. The zero-order chi connectivity index (χ0) is 44.3. The van der Waals surface area contributed by atoms with E-state index in [1.54, 1.807) is 0 Å². The predicted molar refractivity (Wildman–Crippen MR) is 279 cm³/mol. The molecule has 0 spiro atoms. The van der Waals surface area contributed by atoms with Crippen molar-refractivity contribution in [1.82, 2.24) is 19.5 Å². The normalized spacial score (nSPS) is 11.6. The van der Waals surface area contributed by atoms with Gasteiger partial charge >= 0.3 is 0 Å². The maximum atomic E-state index is 5.44. The number of hydrogen-bond donors (Lipinski definition) is 0. The molecule has 0 N–H and O–H groups in total. The highest BCUT2D eigenvalue weighted by molar-refractivity contribution is 6.18. The van der Waals surface area contributed by atoms with Gasteiger partial charge in [-0.25, -0.2) is 15.0 Å². The average molecular weight is 853 g/mol. The Kier molecular flexibility index (Phi) is 9.14. The van der Waals surface area contributed by atoms with Crippen LogP contribution in [0.25, 0.3) is 127 Å². The smallest absolute Gasteiger partial charge is 0.164 e. The number of fused-ring (bicyclic) bond motifs is 6. The molecule has 0 unspecified atom stereocenters. The van der Waals surface area contributed by atoms with Crippen LogP contribution in [0.3, 0.4) is 0 Å². The summed E-state index contributed by atoms with van der Waals surface area (Å²) in [7, 11) is 0. The third-order valence-electron chi connectivity index (χ3n) is 13.1. The summed E-state index contributed by atoms with van der Waals surface area (Å²) in [6.45, 7) is 0. The van der Waals surface area contributed by atoms with Crippen LogP contribution < -0.4 is 0 Å². The summed E-state index contributed by atoms with van der Waals surface area (Å²) in [6, 6.07) is 86.9. The van der Waals surface area contributed by atoms with Gasteiger partial charge < -0.3 is 4.57 Å². The maximum absolute atomic E-state index is 5.44. The van der Waals surface area contributed by atoms with Crippen LogP contribution >= 0.6 is 0 Å².